The molecule has 0 bridgehead atoms. The Labute approximate surface area is 121 Å². The lowest BCUT2D eigenvalue weighted by Gasteiger charge is -2.28. The van der Waals surface area contributed by atoms with E-state index in [1.807, 2.05) is 6.92 Å². The molecule has 1 aliphatic rings. The molecular formula is C16H26N2O2. The lowest BCUT2D eigenvalue weighted by molar-refractivity contribution is 0.122. The van der Waals surface area contributed by atoms with Gasteiger partial charge in [-0.1, -0.05) is 19.1 Å². The normalized spacial score (nSPS) is 17.2. The third kappa shape index (κ3) is 4.78. The fourth-order valence-corrected chi connectivity index (χ4v) is 2.35. The summed E-state index contributed by atoms with van der Waals surface area (Å²) in [5.41, 5.74) is 2.56. The third-order valence-electron chi connectivity index (χ3n) is 3.77. The van der Waals surface area contributed by atoms with Gasteiger partial charge in [0.1, 0.15) is 0 Å². The first-order valence-electron chi connectivity index (χ1n) is 7.60. The van der Waals surface area contributed by atoms with Gasteiger partial charge in [-0.25, -0.2) is 0 Å². The van der Waals surface area contributed by atoms with Crippen LogP contribution < -0.4 is 10.2 Å². The van der Waals surface area contributed by atoms with E-state index in [2.05, 4.69) is 34.5 Å². The molecule has 1 aromatic carbocycles. The van der Waals surface area contributed by atoms with E-state index in [9.17, 15) is 5.11 Å². The second-order valence-corrected chi connectivity index (χ2v) is 5.29. The Kier molecular flexibility index (Phi) is 6.30. The zero-order valence-electron chi connectivity index (χ0n) is 12.3. The van der Waals surface area contributed by atoms with Gasteiger partial charge in [0.25, 0.3) is 0 Å². The molecule has 4 heteroatoms. The average molecular weight is 278 g/mol. The van der Waals surface area contributed by atoms with Crippen molar-refractivity contribution in [1.29, 1.82) is 0 Å². The largest absolute Gasteiger partial charge is 0.393 e. The minimum absolute atomic E-state index is 0.175. The van der Waals surface area contributed by atoms with Gasteiger partial charge in [0, 0.05) is 25.3 Å². The maximum absolute atomic E-state index is 9.48. The average Bonchev–Trinajstić information content (AvgIpc) is 2.52. The Morgan fingerprint density at radius 2 is 1.95 bits per heavy atom. The van der Waals surface area contributed by atoms with E-state index in [4.69, 9.17) is 4.74 Å². The summed E-state index contributed by atoms with van der Waals surface area (Å²) in [5.74, 6) is 0. The van der Waals surface area contributed by atoms with E-state index in [1.165, 1.54) is 11.3 Å². The summed E-state index contributed by atoms with van der Waals surface area (Å²) in [6.45, 7) is 7.33. The van der Waals surface area contributed by atoms with Gasteiger partial charge in [0.2, 0.25) is 0 Å². The van der Waals surface area contributed by atoms with Crippen molar-refractivity contribution >= 4 is 5.69 Å². The van der Waals surface area contributed by atoms with Crippen LogP contribution in [0.15, 0.2) is 24.3 Å². The molecule has 1 saturated heterocycles. The van der Waals surface area contributed by atoms with Crippen molar-refractivity contribution in [2.24, 2.45) is 0 Å². The SMILES string of the molecule is CCC(O)CCNCc1ccc(N2CCOCC2)cc1. The molecule has 0 radical (unpaired) electrons. The molecule has 1 aromatic rings. The molecule has 1 heterocycles. The lowest BCUT2D eigenvalue weighted by Crippen LogP contribution is -2.36. The number of morpholine rings is 1. The number of rotatable bonds is 7. The van der Waals surface area contributed by atoms with E-state index in [1.54, 1.807) is 0 Å². The number of hydrogen-bond donors (Lipinski definition) is 2. The zero-order valence-corrected chi connectivity index (χ0v) is 12.3. The first-order valence-corrected chi connectivity index (χ1v) is 7.60. The first kappa shape index (κ1) is 15.3. The molecule has 0 spiro atoms. The highest BCUT2D eigenvalue weighted by Gasteiger charge is 2.10. The molecule has 2 rings (SSSR count). The first-order chi connectivity index (χ1) is 9.79. The van der Waals surface area contributed by atoms with E-state index in [-0.39, 0.29) is 6.10 Å². The van der Waals surface area contributed by atoms with Crippen LogP contribution in [0.1, 0.15) is 25.3 Å². The van der Waals surface area contributed by atoms with E-state index in [0.717, 1.165) is 52.2 Å². The number of nitrogens with zero attached hydrogens (tertiary/aromatic N) is 1. The van der Waals surface area contributed by atoms with Gasteiger partial charge in [-0.05, 0) is 37.1 Å². The number of hydrogen-bond acceptors (Lipinski definition) is 4. The van der Waals surface area contributed by atoms with Crippen molar-refractivity contribution in [2.45, 2.75) is 32.4 Å². The minimum Gasteiger partial charge on any atom is -0.393 e. The highest BCUT2D eigenvalue weighted by atomic mass is 16.5. The van der Waals surface area contributed by atoms with E-state index < -0.39 is 0 Å². The van der Waals surface area contributed by atoms with Gasteiger partial charge in [-0.15, -0.1) is 0 Å². The summed E-state index contributed by atoms with van der Waals surface area (Å²) in [6.07, 6.45) is 1.48. The number of aliphatic hydroxyl groups excluding tert-OH is 1. The molecule has 112 valence electrons. The maximum atomic E-state index is 9.48. The summed E-state index contributed by atoms with van der Waals surface area (Å²) in [7, 11) is 0. The molecule has 0 aromatic heterocycles. The van der Waals surface area contributed by atoms with Crippen LogP contribution in [-0.4, -0.2) is 44.1 Å². The van der Waals surface area contributed by atoms with Gasteiger partial charge in [-0.3, -0.25) is 0 Å². The molecule has 0 saturated carbocycles. The van der Waals surface area contributed by atoms with Crippen LogP contribution in [0.5, 0.6) is 0 Å². The predicted octanol–water partition coefficient (Wildman–Crippen LogP) is 1.77. The van der Waals surface area contributed by atoms with Crippen LogP contribution in [0, 0.1) is 0 Å². The minimum atomic E-state index is -0.175. The lowest BCUT2D eigenvalue weighted by atomic mass is 10.1. The highest BCUT2D eigenvalue weighted by Crippen LogP contribution is 2.16. The van der Waals surface area contributed by atoms with Crippen LogP contribution in [0.4, 0.5) is 5.69 Å². The Morgan fingerprint density at radius 3 is 2.60 bits per heavy atom. The van der Waals surface area contributed by atoms with E-state index in [0.29, 0.717) is 0 Å². The van der Waals surface area contributed by atoms with Crippen LogP contribution in [0.2, 0.25) is 0 Å². The number of benzene rings is 1. The topological polar surface area (TPSA) is 44.7 Å². The zero-order chi connectivity index (χ0) is 14.2. The number of ether oxygens (including phenoxy) is 1. The number of anilines is 1. The monoisotopic (exact) mass is 278 g/mol. The second kappa shape index (κ2) is 8.25. The number of aliphatic hydroxyl groups is 1. The molecule has 0 amide bonds. The molecule has 1 atom stereocenters. The maximum Gasteiger partial charge on any atom is 0.0642 e. The standard InChI is InChI=1S/C16H26N2O2/c1-2-16(19)7-8-17-13-14-3-5-15(6-4-14)18-9-11-20-12-10-18/h3-6,16-17,19H,2,7-13H2,1H3. The third-order valence-corrected chi connectivity index (χ3v) is 3.77. The molecule has 1 fully saturated rings. The van der Waals surface area contributed by atoms with Crippen LogP contribution >= 0.6 is 0 Å². The van der Waals surface area contributed by atoms with Crippen LogP contribution in [-0.2, 0) is 11.3 Å². The Hall–Kier alpha value is -1.10. The quantitative estimate of drug-likeness (QED) is 0.746. The summed E-state index contributed by atoms with van der Waals surface area (Å²) >= 11 is 0. The molecule has 2 N–H and O–H groups in total. The predicted molar refractivity (Wildman–Crippen MR) is 82.1 cm³/mol. The molecule has 1 unspecified atom stereocenters. The number of nitrogens with one attached hydrogen (secondary N) is 1. The van der Waals surface area contributed by atoms with E-state index >= 15 is 0 Å². The van der Waals surface area contributed by atoms with Crippen molar-refractivity contribution in [2.75, 3.05) is 37.7 Å². The molecular weight excluding hydrogens is 252 g/mol. The van der Waals surface area contributed by atoms with Gasteiger partial charge < -0.3 is 20.1 Å². The van der Waals surface area contributed by atoms with Crippen molar-refractivity contribution in [1.82, 2.24) is 5.32 Å². The van der Waals surface area contributed by atoms with Crippen LogP contribution in [0.3, 0.4) is 0 Å². The van der Waals surface area contributed by atoms with Gasteiger partial charge >= 0.3 is 0 Å². The molecule has 20 heavy (non-hydrogen) atoms. The Morgan fingerprint density at radius 1 is 1.25 bits per heavy atom. The van der Waals surface area contributed by atoms with Crippen molar-refractivity contribution in [3.8, 4) is 0 Å². The van der Waals surface area contributed by atoms with Crippen molar-refractivity contribution in [3.05, 3.63) is 29.8 Å². The second-order valence-electron chi connectivity index (χ2n) is 5.29. The summed E-state index contributed by atoms with van der Waals surface area (Å²) in [6, 6.07) is 8.72. The van der Waals surface area contributed by atoms with Crippen LogP contribution in [0.25, 0.3) is 0 Å². The molecule has 1 aliphatic heterocycles. The fraction of sp³-hybridized carbons (Fsp3) is 0.625. The summed E-state index contributed by atoms with van der Waals surface area (Å²) in [4.78, 5) is 2.36. The highest BCUT2D eigenvalue weighted by molar-refractivity contribution is 5.47. The summed E-state index contributed by atoms with van der Waals surface area (Å²) in [5, 5.41) is 12.9. The summed E-state index contributed by atoms with van der Waals surface area (Å²) < 4.78 is 5.37. The van der Waals surface area contributed by atoms with Gasteiger partial charge in [-0.2, -0.15) is 0 Å². The smallest absolute Gasteiger partial charge is 0.0642 e. The van der Waals surface area contributed by atoms with Gasteiger partial charge in [0.05, 0.1) is 19.3 Å². The van der Waals surface area contributed by atoms with Gasteiger partial charge in [0.15, 0.2) is 0 Å². The molecule has 0 aliphatic carbocycles. The Bertz CT molecular complexity index is 375. The fourth-order valence-electron chi connectivity index (χ4n) is 2.35. The Balaban J connectivity index is 1.73. The van der Waals surface area contributed by atoms with Crippen molar-refractivity contribution < 1.29 is 9.84 Å². The van der Waals surface area contributed by atoms with Crippen molar-refractivity contribution in [3.63, 3.8) is 0 Å². The molecule has 4 nitrogen and oxygen atoms in total.